The number of aliphatic hydroxyl groups excluding tert-OH is 2. The molecule has 4 aromatic carbocycles. The molecule has 6 unspecified atom stereocenters. The van der Waals surface area contributed by atoms with Crippen LogP contribution in [0.15, 0.2) is 140 Å². The maximum atomic E-state index is 14.9. The second-order valence-corrected chi connectivity index (χ2v) is 17.0. The number of unbranched alkanes of at least 4 members (excludes halogenated alkanes) is 2. The highest BCUT2D eigenvalue weighted by Gasteiger charge is 2.65. The van der Waals surface area contributed by atoms with Crippen LogP contribution in [0.5, 0.6) is 11.5 Å². The first-order chi connectivity index (χ1) is 32.3. The van der Waals surface area contributed by atoms with Gasteiger partial charge in [-0.05, 0) is 102 Å². The van der Waals surface area contributed by atoms with E-state index in [9.17, 15) is 25.1 Å². The van der Waals surface area contributed by atoms with Crippen LogP contribution in [0.1, 0.15) is 74.0 Å². The lowest BCUT2D eigenvalue weighted by molar-refractivity contribution is -0.384. The molecule has 2 aliphatic carbocycles. The first-order valence-electron chi connectivity index (χ1n) is 22.9. The minimum atomic E-state index is -1.52. The van der Waals surface area contributed by atoms with Crippen molar-refractivity contribution in [3.05, 3.63) is 161 Å². The van der Waals surface area contributed by atoms with E-state index in [1.807, 2.05) is 60.7 Å². The van der Waals surface area contributed by atoms with E-state index >= 15 is 0 Å². The molecule has 0 saturated heterocycles. The smallest absolute Gasteiger partial charge is 0.410 e. The number of nitrogens with zero attached hydrogens (tertiary/aromatic N) is 3. The predicted molar refractivity (Wildman–Crippen MR) is 254 cm³/mol. The first-order valence-corrected chi connectivity index (χ1v) is 22.9. The number of nitro benzene ring substituents is 1. The van der Waals surface area contributed by atoms with Crippen molar-refractivity contribution in [2.24, 2.45) is 22.9 Å². The molecule has 4 aromatic rings. The van der Waals surface area contributed by atoms with Gasteiger partial charge in [-0.25, -0.2) is 4.79 Å². The van der Waals surface area contributed by atoms with E-state index in [2.05, 4.69) is 25.8 Å². The second kappa shape index (κ2) is 22.8. The van der Waals surface area contributed by atoms with E-state index in [-0.39, 0.29) is 69.4 Å². The minimum absolute atomic E-state index is 0.0000842. The third kappa shape index (κ3) is 10.5. The van der Waals surface area contributed by atoms with E-state index in [0.717, 1.165) is 53.2 Å². The average Bonchev–Trinajstić information content (AvgIpc) is 3.33. The molecule has 1 amide bonds. The lowest BCUT2D eigenvalue weighted by atomic mass is 9.55. The Hall–Kier alpha value is -6.28. The molecule has 0 radical (unpaired) electrons. The van der Waals surface area contributed by atoms with Crippen LogP contribution < -0.4 is 9.47 Å². The van der Waals surface area contributed by atoms with Crippen molar-refractivity contribution in [3.63, 3.8) is 0 Å². The lowest BCUT2D eigenvalue weighted by Crippen LogP contribution is -2.70. The third-order valence-corrected chi connectivity index (χ3v) is 12.9. The van der Waals surface area contributed by atoms with Crippen LogP contribution >= 0.6 is 0 Å². The van der Waals surface area contributed by atoms with Crippen LogP contribution in [0.2, 0.25) is 0 Å². The van der Waals surface area contributed by atoms with Crippen LogP contribution in [0.3, 0.4) is 0 Å². The van der Waals surface area contributed by atoms with Crippen LogP contribution in [0, 0.1) is 27.9 Å². The number of nitro groups is 1. The fraction of sp³-hybridized carbons (Fsp3) is 0.396. The van der Waals surface area contributed by atoms with E-state index < -0.39 is 28.8 Å². The number of ether oxygens (including phenoxy) is 4. The number of amides is 1. The van der Waals surface area contributed by atoms with E-state index in [0.29, 0.717) is 48.6 Å². The number of hydrogen-bond acceptors (Lipinski definition) is 11. The number of rotatable bonds is 24. The Kier molecular flexibility index (Phi) is 16.4. The zero-order valence-electron chi connectivity index (χ0n) is 37.5. The molecule has 1 fully saturated rings. The molecule has 348 valence electrons. The number of allylic oxidation sites excluding steroid dienone is 1. The summed E-state index contributed by atoms with van der Waals surface area (Å²) in [5, 5.41) is 38.3. The maximum Gasteiger partial charge on any atom is 0.410 e. The van der Waals surface area contributed by atoms with Crippen molar-refractivity contribution in [2.75, 3.05) is 33.0 Å². The number of carbonyl (C=O) groups is 1. The average molecular weight is 900 g/mol. The van der Waals surface area contributed by atoms with Crippen molar-refractivity contribution in [1.29, 1.82) is 0 Å². The van der Waals surface area contributed by atoms with Gasteiger partial charge in [-0.1, -0.05) is 91.3 Å². The number of oxime groups is 1. The van der Waals surface area contributed by atoms with Crippen LogP contribution in [0.4, 0.5) is 10.5 Å². The molecule has 2 N–H and O–H groups in total. The fourth-order valence-corrected chi connectivity index (χ4v) is 10.0. The molecule has 6 atom stereocenters. The van der Waals surface area contributed by atoms with Crippen molar-refractivity contribution in [2.45, 2.75) is 82.3 Å². The van der Waals surface area contributed by atoms with Gasteiger partial charge in [0.05, 0.1) is 36.3 Å². The summed E-state index contributed by atoms with van der Waals surface area (Å²) in [6.07, 6.45) is 11.7. The Morgan fingerprint density at radius 3 is 2.42 bits per heavy atom. The Morgan fingerprint density at radius 2 is 1.68 bits per heavy atom. The minimum Gasteiger partial charge on any atom is -0.490 e. The maximum absolute atomic E-state index is 14.9. The Labute approximate surface area is 386 Å². The summed E-state index contributed by atoms with van der Waals surface area (Å²) in [6.45, 7) is 12.6. The molecule has 1 heterocycles. The van der Waals surface area contributed by atoms with E-state index in [1.165, 1.54) is 12.1 Å². The van der Waals surface area contributed by atoms with Gasteiger partial charge < -0.3 is 34.0 Å². The number of fused-ring (bicyclic) bond motifs is 3. The van der Waals surface area contributed by atoms with Gasteiger partial charge in [0.1, 0.15) is 30.8 Å². The normalized spacial score (nSPS) is 22.2. The number of benzene rings is 4. The monoisotopic (exact) mass is 899 g/mol. The van der Waals surface area contributed by atoms with Crippen molar-refractivity contribution < 1.29 is 43.7 Å². The van der Waals surface area contributed by atoms with Crippen LogP contribution in [-0.2, 0) is 27.5 Å². The Morgan fingerprint density at radius 1 is 0.924 bits per heavy atom. The summed E-state index contributed by atoms with van der Waals surface area (Å²) in [6, 6.07) is 25.2. The number of hydrogen-bond donors (Lipinski definition) is 2. The number of carbonyl (C=O) groups excluding carboxylic acids is 1. The Balaban J connectivity index is 1.46. The fourth-order valence-electron chi connectivity index (χ4n) is 10.0. The largest absolute Gasteiger partial charge is 0.490 e. The highest BCUT2D eigenvalue weighted by atomic mass is 16.7. The van der Waals surface area contributed by atoms with Gasteiger partial charge in [0.25, 0.3) is 5.69 Å². The summed E-state index contributed by atoms with van der Waals surface area (Å²) in [5.74, 6) is -1.11. The standard InChI is InChI=1S/C53H61N3O10/c1-4-7-31-63-52(59)55(35-40-18-14-17-38-15-8-9-19-43(38)40)49-34-47(54-65-36-37-21-23-41(24-22-37)56(60)61)45-32-39(16-10-12-27-57)44(20-11-13-28-58)50-46-33-42(62-29-5-2)25-26-48(46)66-53(49,51(45)50)64-30-6-3/h4-6,8-9,14-15,17-19,21-26,32-33,39,44,49-51,57-58H,1-3,7,10-13,16,20,27-31,34-36H2. The highest BCUT2D eigenvalue weighted by Crippen LogP contribution is 2.62. The molecule has 0 spiro atoms. The number of aliphatic hydroxyl groups is 2. The van der Waals surface area contributed by atoms with Crippen LogP contribution in [0.25, 0.3) is 10.8 Å². The van der Waals surface area contributed by atoms with E-state index in [1.54, 1.807) is 35.3 Å². The summed E-state index contributed by atoms with van der Waals surface area (Å²) < 4.78 is 26.8. The predicted octanol–water partition coefficient (Wildman–Crippen LogP) is 10.4. The molecule has 13 heteroatoms. The molecule has 1 saturated carbocycles. The van der Waals surface area contributed by atoms with Gasteiger partial charge in [0, 0.05) is 43.2 Å². The lowest BCUT2D eigenvalue weighted by Gasteiger charge is -2.60. The Bertz CT molecular complexity index is 2390. The molecule has 0 aromatic heterocycles. The van der Waals surface area contributed by atoms with Gasteiger partial charge in [-0.3, -0.25) is 15.0 Å². The van der Waals surface area contributed by atoms with Gasteiger partial charge >= 0.3 is 6.09 Å². The van der Waals surface area contributed by atoms with Gasteiger partial charge in [-0.15, -0.1) is 13.2 Å². The third-order valence-electron chi connectivity index (χ3n) is 12.9. The van der Waals surface area contributed by atoms with Crippen molar-refractivity contribution >= 4 is 28.3 Å². The first kappa shape index (κ1) is 47.7. The molecule has 3 aliphatic rings. The molecule has 1 aliphatic heterocycles. The van der Waals surface area contributed by atoms with Crippen LogP contribution in [-0.4, -0.2) is 76.7 Å². The molecular formula is C53H61N3O10. The summed E-state index contributed by atoms with van der Waals surface area (Å²) in [5.41, 5.74) is 3.94. The van der Waals surface area contributed by atoms with Gasteiger partial charge in [-0.2, -0.15) is 0 Å². The molecule has 7 rings (SSSR count). The van der Waals surface area contributed by atoms with E-state index in [4.69, 9.17) is 28.9 Å². The molecule has 66 heavy (non-hydrogen) atoms. The molecular weight excluding hydrogens is 839 g/mol. The summed E-state index contributed by atoms with van der Waals surface area (Å²) >= 11 is 0. The molecule has 13 nitrogen and oxygen atoms in total. The number of non-ortho nitro benzene ring substituents is 1. The zero-order valence-corrected chi connectivity index (χ0v) is 37.5. The summed E-state index contributed by atoms with van der Waals surface area (Å²) in [4.78, 5) is 33.8. The zero-order chi connectivity index (χ0) is 46.5. The second-order valence-electron chi connectivity index (χ2n) is 17.0. The quantitative estimate of drug-likeness (QED) is 0.0300. The van der Waals surface area contributed by atoms with Gasteiger partial charge in [0.2, 0.25) is 5.79 Å². The molecule has 0 bridgehead atoms. The van der Waals surface area contributed by atoms with Gasteiger partial charge in [0.15, 0.2) is 0 Å². The van der Waals surface area contributed by atoms with Crippen molar-refractivity contribution in [3.8, 4) is 11.5 Å². The highest BCUT2D eigenvalue weighted by molar-refractivity contribution is 6.03. The summed E-state index contributed by atoms with van der Waals surface area (Å²) in [7, 11) is 0. The van der Waals surface area contributed by atoms with Crippen molar-refractivity contribution in [1.82, 2.24) is 4.90 Å². The topological polar surface area (TPSA) is 162 Å². The SMILES string of the molecule is C=CCCOC(=O)N(Cc1cccc2ccccc12)C1CC(=NOCc2ccc([N+](=O)[O-])cc2)C2=CC(CCCCO)C(CCCCO)C3c4cc(OCC=C)ccc4OC1(OCC=C)C23.